The number of aromatic carboxylic acids is 1. The van der Waals surface area contributed by atoms with Gasteiger partial charge in [0.05, 0.1) is 5.56 Å². The number of carbonyl (C=O) groups is 3. The van der Waals surface area contributed by atoms with Crippen molar-refractivity contribution in [2.24, 2.45) is 0 Å². The van der Waals surface area contributed by atoms with E-state index in [1.165, 1.54) is 17.0 Å². The number of amides is 3. The van der Waals surface area contributed by atoms with Gasteiger partial charge >= 0.3 is 12.0 Å². The van der Waals surface area contributed by atoms with Crippen molar-refractivity contribution in [1.29, 1.82) is 0 Å². The molecule has 22 heavy (non-hydrogen) atoms. The summed E-state index contributed by atoms with van der Waals surface area (Å²) in [5.41, 5.74) is 0.994. The second kappa shape index (κ2) is 6.46. The maximum absolute atomic E-state index is 12.1. The Hall–Kier alpha value is -2.57. The summed E-state index contributed by atoms with van der Waals surface area (Å²) >= 11 is 0. The standard InChI is InChI=1S/C15H19N3O4/c1-17-8-7-12(13(17)19)18(2)15(22)16-9-10-3-5-11(6-4-10)14(20)21/h3-6,12H,7-9H2,1-2H3,(H,16,22)(H,20,21). The van der Waals surface area contributed by atoms with Crippen LogP contribution >= 0.6 is 0 Å². The Bertz CT molecular complexity index is 585. The molecule has 0 bridgehead atoms. The normalized spacial score (nSPS) is 17.5. The lowest BCUT2D eigenvalue weighted by atomic mass is 10.1. The number of urea groups is 1. The van der Waals surface area contributed by atoms with Crippen molar-refractivity contribution in [2.45, 2.75) is 19.0 Å². The molecule has 0 aromatic heterocycles. The van der Waals surface area contributed by atoms with Gasteiger partial charge in [-0.05, 0) is 24.1 Å². The summed E-state index contributed by atoms with van der Waals surface area (Å²) in [5, 5.41) is 11.6. The first-order valence-electron chi connectivity index (χ1n) is 6.98. The number of likely N-dealkylation sites (N-methyl/N-ethyl adjacent to an activating group) is 2. The van der Waals surface area contributed by atoms with Crippen molar-refractivity contribution < 1.29 is 19.5 Å². The number of benzene rings is 1. The first-order valence-corrected chi connectivity index (χ1v) is 6.98. The molecule has 1 unspecified atom stereocenters. The Kier molecular flexibility index (Phi) is 4.65. The van der Waals surface area contributed by atoms with Crippen LogP contribution in [0.25, 0.3) is 0 Å². The van der Waals surface area contributed by atoms with Crippen LogP contribution in [0.4, 0.5) is 4.79 Å². The number of likely N-dealkylation sites (tertiary alicyclic amines) is 1. The average molecular weight is 305 g/mol. The molecule has 0 aliphatic carbocycles. The summed E-state index contributed by atoms with van der Waals surface area (Å²) in [6.45, 7) is 0.928. The summed E-state index contributed by atoms with van der Waals surface area (Å²) in [6.07, 6.45) is 0.632. The maximum Gasteiger partial charge on any atom is 0.335 e. The molecule has 1 aliphatic rings. The van der Waals surface area contributed by atoms with Crippen molar-refractivity contribution >= 4 is 17.9 Å². The minimum Gasteiger partial charge on any atom is -0.478 e. The Morgan fingerprint density at radius 3 is 2.50 bits per heavy atom. The summed E-state index contributed by atoms with van der Waals surface area (Å²) in [7, 11) is 3.32. The van der Waals surface area contributed by atoms with E-state index < -0.39 is 12.0 Å². The predicted octanol–water partition coefficient (Wildman–Crippen LogP) is 0.757. The Morgan fingerprint density at radius 2 is 2.00 bits per heavy atom. The topological polar surface area (TPSA) is 89.9 Å². The smallest absolute Gasteiger partial charge is 0.335 e. The first-order chi connectivity index (χ1) is 10.4. The molecule has 7 heteroatoms. The molecular weight excluding hydrogens is 286 g/mol. The first kappa shape index (κ1) is 15.8. The van der Waals surface area contributed by atoms with E-state index in [9.17, 15) is 14.4 Å². The second-order valence-corrected chi connectivity index (χ2v) is 5.34. The van der Waals surface area contributed by atoms with E-state index >= 15 is 0 Å². The van der Waals surface area contributed by atoms with Gasteiger partial charge in [-0.25, -0.2) is 9.59 Å². The highest BCUT2D eigenvalue weighted by Crippen LogP contribution is 2.14. The molecule has 1 saturated heterocycles. The quantitative estimate of drug-likeness (QED) is 0.859. The van der Waals surface area contributed by atoms with E-state index in [0.717, 1.165) is 5.56 Å². The van der Waals surface area contributed by atoms with E-state index in [1.807, 2.05) is 0 Å². The number of nitrogens with zero attached hydrogens (tertiary/aromatic N) is 2. The van der Waals surface area contributed by atoms with Crippen LogP contribution in [0.3, 0.4) is 0 Å². The minimum atomic E-state index is -0.987. The Balaban J connectivity index is 1.89. The fraction of sp³-hybridized carbons (Fsp3) is 0.400. The zero-order valence-electron chi connectivity index (χ0n) is 12.6. The second-order valence-electron chi connectivity index (χ2n) is 5.34. The molecule has 0 spiro atoms. The van der Waals surface area contributed by atoms with Gasteiger partial charge in [-0.15, -0.1) is 0 Å². The van der Waals surface area contributed by atoms with E-state index in [-0.39, 0.29) is 24.0 Å². The third-order valence-electron chi connectivity index (χ3n) is 3.83. The molecule has 1 heterocycles. The molecule has 3 amide bonds. The molecule has 1 aromatic carbocycles. The molecule has 1 aliphatic heterocycles. The van der Waals surface area contributed by atoms with Crippen LogP contribution < -0.4 is 5.32 Å². The molecule has 0 saturated carbocycles. The van der Waals surface area contributed by atoms with Gasteiger partial charge in [0.15, 0.2) is 0 Å². The van der Waals surface area contributed by atoms with E-state index in [2.05, 4.69) is 5.32 Å². The average Bonchev–Trinajstić information content (AvgIpc) is 2.84. The van der Waals surface area contributed by atoms with Gasteiger partial charge < -0.3 is 20.2 Å². The summed E-state index contributed by atoms with van der Waals surface area (Å²) in [5.74, 6) is -1.04. The summed E-state index contributed by atoms with van der Waals surface area (Å²) in [6, 6.07) is 5.54. The number of carbonyl (C=O) groups excluding carboxylic acids is 2. The molecule has 7 nitrogen and oxygen atoms in total. The molecule has 1 fully saturated rings. The Morgan fingerprint density at radius 1 is 1.36 bits per heavy atom. The molecule has 118 valence electrons. The highest BCUT2D eigenvalue weighted by molar-refractivity contribution is 5.88. The van der Waals surface area contributed by atoms with Crippen molar-refractivity contribution in [3.8, 4) is 0 Å². The molecule has 2 N–H and O–H groups in total. The van der Waals surface area contributed by atoms with Gasteiger partial charge in [-0.2, -0.15) is 0 Å². The van der Waals surface area contributed by atoms with Crippen molar-refractivity contribution in [3.05, 3.63) is 35.4 Å². The van der Waals surface area contributed by atoms with Crippen molar-refractivity contribution in [3.63, 3.8) is 0 Å². The fourth-order valence-corrected chi connectivity index (χ4v) is 2.37. The monoisotopic (exact) mass is 305 g/mol. The van der Waals surface area contributed by atoms with Crippen LogP contribution in [0.15, 0.2) is 24.3 Å². The number of carboxylic acids is 1. The third-order valence-corrected chi connectivity index (χ3v) is 3.83. The maximum atomic E-state index is 12.1. The highest BCUT2D eigenvalue weighted by Gasteiger charge is 2.34. The van der Waals surface area contributed by atoms with E-state index in [4.69, 9.17) is 5.11 Å². The third kappa shape index (κ3) is 3.36. The number of hydrogen-bond donors (Lipinski definition) is 2. The number of hydrogen-bond acceptors (Lipinski definition) is 3. The lowest BCUT2D eigenvalue weighted by Gasteiger charge is -2.23. The zero-order chi connectivity index (χ0) is 16.3. The molecular formula is C15H19N3O4. The van der Waals surface area contributed by atoms with Gasteiger partial charge in [-0.3, -0.25) is 4.79 Å². The summed E-state index contributed by atoms with van der Waals surface area (Å²) in [4.78, 5) is 37.7. The molecule has 1 aromatic rings. The number of nitrogens with one attached hydrogen (secondary N) is 1. The van der Waals surface area contributed by atoms with Gasteiger partial charge in [0.1, 0.15) is 6.04 Å². The predicted molar refractivity (Wildman–Crippen MR) is 79.4 cm³/mol. The fourth-order valence-electron chi connectivity index (χ4n) is 2.37. The SMILES string of the molecule is CN1CCC(N(C)C(=O)NCc2ccc(C(=O)O)cc2)C1=O. The van der Waals surface area contributed by atoms with Crippen molar-refractivity contribution in [2.75, 3.05) is 20.6 Å². The number of carboxylic acid groups (broad SMARTS) is 1. The highest BCUT2D eigenvalue weighted by atomic mass is 16.4. The van der Waals surface area contributed by atoms with Crippen LogP contribution in [-0.2, 0) is 11.3 Å². The van der Waals surface area contributed by atoms with Crippen LogP contribution in [0, 0.1) is 0 Å². The minimum absolute atomic E-state index is 0.0524. The molecule has 2 rings (SSSR count). The lowest BCUT2D eigenvalue weighted by Crippen LogP contribution is -2.46. The molecule has 0 radical (unpaired) electrons. The zero-order valence-corrected chi connectivity index (χ0v) is 12.6. The number of rotatable bonds is 4. The van der Waals surface area contributed by atoms with Crippen LogP contribution in [-0.4, -0.2) is 59.5 Å². The van der Waals surface area contributed by atoms with Crippen LogP contribution in [0.1, 0.15) is 22.3 Å². The van der Waals surface area contributed by atoms with Crippen LogP contribution in [0.5, 0.6) is 0 Å². The molecule has 1 atom stereocenters. The Labute approximate surface area is 128 Å². The van der Waals surface area contributed by atoms with E-state index in [1.54, 1.807) is 31.1 Å². The van der Waals surface area contributed by atoms with Crippen LogP contribution in [0.2, 0.25) is 0 Å². The van der Waals surface area contributed by atoms with Gasteiger partial charge in [-0.1, -0.05) is 12.1 Å². The largest absolute Gasteiger partial charge is 0.478 e. The van der Waals surface area contributed by atoms with Gasteiger partial charge in [0.25, 0.3) is 0 Å². The van der Waals surface area contributed by atoms with Gasteiger partial charge in [0.2, 0.25) is 5.91 Å². The lowest BCUT2D eigenvalue weighted by molar-refractivity contribution is -0.129. The van der Waals surface area contributed by atoms with E-state index in [0.29, 0.717) is 13.0 Å². The summed E-state index contributed by atoms with van der Waals surface area (Å²) < 4.78 is 0. The van der Waals surface area contributed by atoms with Gasteiger partial charge in [0, 0.05) is 27.2 Å². The van der Waals surface area contributed by atoms with Crippen molar-refractivity contribution in [1.82, 2.24) is 15.1 Å².